The molecule has 0 spiro atoms. The zero-order valence-corrected chi connectivity index (χ0v) is 25.5. The maximum absolute atomic E-state index is 12.6. The normalized spacial score (nSPS) is 35.3. The first kappa shape index (κ1) is 32.5. The number of carboxylic acids is 2. The van der Waals surface area contributed by atoms with Gasteiger partial charge in [-0.3, -0.25) is 14.4 Å². The lowest BCUT2D eigenvalue weighted by molar-refractivity contribution is -0.147. The van der Waals surface area contributed by atoms with Gasteiger partial charge in [0.05, 0.1) is 12.1 Å². The van der Waals surface area contributed by atoms with Crippen molar-refractivity contribution >= 4 is 29.5 Å². The number of hydrogen-bond donors (Lipinski definition) is 5. The largest absolute Gasteiger partial charge is 0.481 e. The fraction of sp³-hybridized carbons (Fsp3) is 0.719. The standard InChI is InChI=1S/C32H45N3O8/c1-6-32(42)14-11-23-21-8-7-19-15-20(9-12-30(19,4)22(21)10-13-31(23,32)5)35-43-17-25(36)34-27(18(2)3)28(39)33-24(29(40)41)16-26(37)38/h1,15,18,21-24,27,42H,7-14,16-17H2,2-5H3,(H,33,39)(H,34,36)(H,37,38)(H,40,41)/t21-,22+,23-,24-,27+,30+,31+,32-/m1/s1. The summed E-state index contributed by atoms with van der Waals surface area (Å²) in [4.78, 5) is 52.9. The number of carboxylic acid groups (broad SMARTS) is 2. The molecule has 236 valence electrons. The highest BCUT2D eigenvalue weighted by Gasteiger charge is 2.63. The monoisotopic (exact) mass is 599 g/mol. The van der Waals surface area contributed by atoms with E-state index in [2.05, 4.69) is 41.6 Å². The van der Waals surface area contributed by atoms with Gasteiger partial charge in [0.25, 0.3) is 5.91 Å². The minimum atomic E-state index is -1.62. The van der Waals surface area contributed by atoms with Crippen molar-refractivity contribution < 1.29 is 39.3 Å². The predicted molar refractivity (Wildman–Crippen MR) is 157 cm³/mol. The molecule has 4 aliphatic carbocycles. The number of aliphatic hydroxyl groups is 1. The van der Waals surface area contributed by atoms with Crippen molar-refractivity contribution in [2.45, 2.75) is 103 Å². The van der Waals surface area contributed by atoms with E-state index in [1.54, 1.807) is 13.8 Å². The molecule has 0 saturated heterocycles. The van der Waals surface area contributed by atoms with Crippen LogP contribution < -0.4 is 10.6 Å². The summed E-state index contributed by atoms with van der Waals surface area (Å²) in [5.41, 5.74) is 0.909. The molecular formula is C32H45N3O8. The molecule has 43 heavy (non-hydrogen) atoms. The zero-order chi connectivity index (χ0) is 31.7. The molecule has 0 aromatic heterocycles. The van der Waals surface area contributed by atoms with E-state index in [1.807, 2.05) is 0 Å². The van der Waals surface area contributed by atoms with Gasteiger partial charge in [-0.15, -0.1) is 6.42 Å². The first-order valence-corrected chi connectivity index (χ1v) is 15.3. The van der Waals surface area contributed by atoms with Crippen LogP contribution in [0.25, 0.3) is 0 Å². The molecule has 3 fully saturated rings. The number of aliphatic carboxylic acids is 2. The summed E-state index contributed by atoms with van der Waals surface area (Å²) in [5, 5.41) is 38.3. The Morgan fingerprint density at radius 3 is 2.40 bits per heavy atom. The lowest BCUT2D eigenvalue weighted by atomic mass is 9.46. The number of nitrogens with zero attached hydrogens (tertiary/aromatic N) is 1. The molecular weight excluding hydrogens is 554 g/mol. The number of carbonyl (C=O) groups excluding carboxylic acids is 2. The van der Waals surface area contributed by atoms with E-state index in [1.165, 1.54) is 5.57 Å². The van der Waals surface area contributed by atoms with Crippen LogP contribution in [-0.2, 0) is 24.0 Å². The van der Waals surface area contributed by atoms with Crippen LogP contribution in [-0.4, -0.2) is 69.1 Å². The molecule has 11 nitrogen and oxygen atoms in total. The van der Waals surface area contributed by atoms with Crippen molar-refractivity contribution in [3.63, 3.8) is 0 Å². The van der Waals surface area contributed by atoms with Crippen molar-refractivity contribution in [3.8, 4) is 12.3 Å². The SMILES string of the molecule is C#C[C@@]1(O)CC[C@@H]2[C@@H]3CCC4=CC(=NOCC(=O)N[C@H](C(=O)N[C@H](CC(=O)O)C(=O)O)C(C)C)CC[C@]4(C)[C@H]3CC[C@@]21C. The molecule has 0 unspecified atom stereocenters. The molecule has 0 aliphatic heterocycles. The van der Waals surface area contributed by atoms with Crippen LogP contribution >= 0.6 is 0 Å². The number of carbonyl (C=O) groups is 4. The van der Waals surface area contributed by atoms with Gasteiger partial charge in [0.2, 0.25) is 5.91 Å². The third-order valence-electron chi connectivity index (χ3n) is 11.0. The fourth-order valence-electron chi connectivity index (χ4n) is 8.46. The van der Waals surface area contributed by atoms with Crippen molar-refractivity contribution in [2.24, 2.45) is 39.7 Å². The Kier molecular flexibility index (Phi) is 9.31. The van der Waals surface area contributed by atoms with Gasteiger partial charge in [-0.1, -0.05) is 44.3 Å². The number of allylic oxidation sites excluding steroid dienone is 2. The van der Waals surface area contributed by atoms with E-state index >= 15 is 0 Å². The molecule has 4 rings (SSSR count). The summed E-state index contributed by atoms with van der Waals surface area (Å²) in [6, 6.07) is -2.70. The topological polar surface area (TPSA) is 175 Å². The van der Waals surface area contributed by atoms with Gasteiger partial charge in [0.1, 0.15) is 17.7 Å². The maximum Gasteiger partial charge on any atom is 0.326 e. The smallest absolute Gasteiger partial charge is 0.326 e. The lowest BCUT2D eigenvalue weighted by Gasteiger charge is -2.58. The van der Waals surface area contributed by atoms with Gasteiger partial charge in [0, 0.05) is 5.41 Å². The number of fused-ring (bicyclic) bond motifs is 5. The molecule has 8 atom stereocenters. The summed E-state index contributed by atoms with van der Waals surface area (Å²) in [6.07, 6.45) is 14.4. The van der Waals surface area contributed by atoms with Crippen LogP contribution in [0.1, 0.15) is 85.5 Å². The Balaban J connectivity index is 1.35. The van der Waals surface area contributed by atoms with Gasteiger partial charge >= 0.3 is 11.9 Å². The molecule has 0 bridgehead atoms. The maximum atomic E-state index is 12.6. The average molecular weight is 600 g/mol. The Hall–Kier alpha value is -3.39. The second-order valence-electron chi connectivity index (χ2n) is 13.6. The zero-order valence-electron chi connectivity index (χ0n) is 25.5. The molecule has 0 radical (unpaired) electrons. The second-order valence-corrected chi connectivity index (χ2v) is 13.6. The Bertz CT molecular complexity index is 1250. The number of rotatable bonds is 10. The number of hydrogen-bond acceptors (Lipinski definition) is 7. The van der Waals surface area contributed by atoms with Crippen LogP contribution in [0.3, 0.4) is 0 Å². The fourth-order valence-corrected chi connectivity index (χ4v) is 8.46. The molecule has 0 heterocycles. The Labute approximate surface area is 252 Å². The van der Waals surface area contributed by atoms with Crippen molar-refractivity contribution in [2.75, 3.05) is 6.61 Å². The Morgan fingerprint density at radius 2 is 1.77 bits per heavy atom. The van der Waals surface area contributed by atoms with Crippen LogP contribution in [0.2, 0.25) is 0 Å². The second kappa shape index (κ2) is 12.3. The van der Waals surface area contributed by atoms with Crippen LogP contribution in [0.15, 0.2) is 16.8 Å². The highest BCUT2D eigenvalue weighted by molar-refractivity contribution is 5.96. The van der Waals surface area contributed by atoms with Gasteiger partial charge in [-0.2, -0.15) is 0 Å². The molecule has 4 aliphatic rings. The molecule has 3 saturated carbocycles. The highest BCUT2D eigenvalue weighted by atomic mass is 16.6. The van der Waals surface area contributed by atoms with E-state index in [0.29, 0.717) is 30.6 Å². The van der Waals surface area contributed by atoms with Crippen molar-refractivity contribution in [1.82, 2.24) is 10.6 Å². The van der Waals surface area contributed by atoms with E-state index in [9.17, 15) is 29.4 Å². The van der Waals surface area contributed by atoms with E-state index in [4.69, 9.17) is 16.4 Å². The van der Waals surface area contributed by atoms with Crippen LogP contribution in [0.5, 0.6) is 0 Å². The lowest BCUT2D eigenvalue weighted by Crippen LogP contribution is -2.54. The number of amides is 2. The van der Waals surface area contributed by atoms with Crippen LogP contribution in [0.4, 0.5) is 0 Å². The molecule has 0 aromatic rings. The highest BCUT2D eigenvalue weighted by Crippen LogP contribution is 2.67. The summed E-state index contributed by atoms with van der Waals surface area (Å²) in [7, 11) is 0. The summed E-state index contributed by atoms with van der Waals surface area (Å²) in [5.74, 6) is -0.430. The van der Waals surface area contributed by atoms with Crippen LogP contribution in [0, 0.1) is 46.8 Å². The summed E-state index contributed by atoms with van der Waals surface area (Å²) < 4.78 is 0. The number of oxime groups is 1. The quantitative estimate of drug-likeness (QED) is 0.188. The first-order valence-electron chi connectivity index (χ1n) is 15.3. The molecule has 5 N–H and O–H groups in total. The number of terminal acetylenes is 1. The molecule has 2 amide bonds. The van der Waals surface area contributed by atoms with E-state index in [0.717, 1.165) is 44.2 Å². The van der Waals surface area contributed by atoms with Crippen molar-refractivity contribution in [3.05, 3.63) is 11.6 Å². The minimum absolute atomic E-state index is 0.0454. The molecule has 11 heteroatoms. The van der Waals surface area contributed by atoms with E-state index in [-0.39, 0.29) is 10.8 Å². The van der Waals surface area contributed by atoms with Gasteiger partial charge in [-0.25, -0.2) is 4.79 Å². The van der Waals surface area contributed by atoms with Crippen molar-refractivity contribution in [1.29, 1.82) is 0 Å². The Morgan fingerprint density at radius 1 is 1.07 bits per heavy atom. The third-order valence-corrected chi connectivity index (χ3v) is 11.0. The first-order chi connectivity index (χ1) is 20.1. The number of nitrogens with one attached hydrogen (secondary N) is 2. The average Bonchev–Trinajstić information content (AvgIpc) is 3.21. The van der Waals surface area contributed by atoms with Gasteiger partial charge in [0.15, 0.2) is 6.61 Å². The predicted octanol–water partition coefficient (Wildman–Crippen LogP) is 2.87. The molecule has 0 aromatic carbocycles. The van der Waals surface area contributed by atoms with Gasteiger partial charge < -0.3 is 30.8 Å². The third kappa shape index (κ3) is 6.17. The minimum Gasteiger partial charge on any atom is -0.481 e. The summed E-state index contributed by atoms with van der Waals surface area (Å²) in [6.45, 7) is 7.46. The summed E-state index contributed by atoms with van der Waals surface area (Å²) >= 11 is 0. The van der Waals surface area contributed by atoms with Gasteiger partial charge in [-0.05, 0) is 86.5 Å². The van der Waals surface area contributed by atoms with E-state index < -0.39 is 60.4 Å².